The summed E-state index contributed by atoms with van der Waals surface area (Å²) < 4.78 is 5.81. The number of carbonyl (C=O) groups excluding carboxylic acids is 1. The van der Waals surface area contributed by atoms with Crippen molar-refractivity contribution in [2.75, 3.05) is 6.61 Å². The molecule has 2 N–H and O–H groups in total. The van der Waals surface area contributed by atoms with Crippen LogP contribution in [0.3, 0.4) is 0 Å². The summed E-state index contributed by atoms with van der Waals surface area (Å²) in [6, 6.07) is 7.72. The molecule has 0 atom stereocenters. The van der Waals surface area contributed by atoms with Crippen LogP contribution in [-0.2, 0) is 0 Å². The van der Waals surface area contributed by atoms with Crippen molar-refractivity contribution in [1.82, 2.24) is 10.6 Å². The largest absolute Gasteiger partial charge is 0.494 e. The molecule has 1 aliphatic heterocycles. The van der Waals surface area contributed by atoms with Crippen LogP contribution >= 0.6 is 0 Å². The van der Waals surface area contributed by atoms with Crippen molar-refractivity contribution in [3.63, 3.8) is 0 Å². The van der Waals surface area contributed by atoms with Crippen molar-refractivity contribution in [3.05, 3.63) is 29.8 Å². The molecule has 0 bridgehead atoms. The average molecular weight is 389 g/mol. The van der Waals surface area contributed by atoms with E-state index >= 15 is 0 Å². The number of rotatable bonds is 10. The Morgan fingerprint density at radius 3 is 2.18 bits per heavy atom. The second-order valence-corrected chi connectivity index (χ2v) is 9.61. The van der Waals surface area contributed by atoms with E-state index in [-0.39, 0.29) is 23.0 Å². The van der Waals surface area contributed by atoms with Gasteiger partial charge in [-0.05, 0) is 71.2 Å². The van der Waals surface area contributed by atoms with Crippen LogP contribution in [0.15, 0.2) is 24.3 Å². The monoisotopic (exact) mass is 388 g/mol. The molecule has 0 aliphatic carbocycles. The second-order valence-electron chi connectivity index (χ2n) is 9.61. The molecule has 158 valence electrons. The van der Waals surface area contributed by atoms with Crippen LogP contribution in [0.25, 0.3) is 0 Å². The van der Waals surface area contributed by atoms with E-state index in [1.165, 1.54) is 32.1 Å². The summed E-state index contributed by atoms with van der Waals surface area (Å²) in [4.78, 5) is 12.7. The Bertz CT molecular complexity index is 592. The van der Waals surface area contributed by atoms with Gasteiger partial charge in [-0.25, -0.2) is 0 Å². The molecule has 0 saturated carbocycles. The molecule has 0 aromatic heterocycles. The normalized spacial score (nSPS) is 18.6. The number of ether oxygens (including phenoxy) is 1. The minimum atomic E-state index is 0.000902. The lowest BCUT2D eigenvalue weighted by atomic mass is 9.79. The molecule has 0 spiro atoms. The Labute approximate surface area is 171 Å². The van der Waals surface area contributed by atoms with E-state index in [2.05, 4.69) is 45.3 Å². The topological polar surface area (TPSA) is 50.4 Å². The molecule has 28 heavy (non-hydrogen) atoms. The first-order valence-corrected chi connectivity index (χ1v) is 11.0. The van der Waals surface area contributed by atoms with Gasteiger partial charge in [0.15, 0.2) is 0 Å². The molecule has 4 heteroatoms. The minimum absolute atomic E-state index is 0.000902. The Kier molecular flexibility index (Phi) is 8.36. The van der Waals surface area contributed by atoms with Gasteiger partial charge in [-0.2, -0.15) is 0 Å². The van der Waals surface area contributed by atoms with E-state index in [4.69, 9.17) is 4.74 Å². The summed E-state index contributed by atoms with van der Waals surface area (Å²) in [5.74, 6) is 0.843. The molecule has 2 rings (SSSR count). The number of benzene rings is 1. The molecule has 1 heterocycles. The van der Waals surface area contributed by atoms with E-state index in [1.807, 2.05) is 24.3 Å². The van der Waals surface area contributed by atoms with Gasteiger partial charge < -0.3 is 15.4 Å². The molecule has 1 aromatic rings. The summed E-state index contributed by atoms with van der Waals surface area (Å²) in [5.41, 5.74) is 0.739. The van der Waals surface area contributed by atoms with Crippen LogP contribution in [0.1, 0.15) is 96.3 Å². The summed E-state index contributed by atoms with van der Waals surface area (Å²) in [5, 5.41) is 6.88. The molecular weight excluding hydrogens is 348 g/mol. The molecule has 1 saturated heterocycles. The number of carbonyl (C=O) groups is 1. The maximum absolute atomic E-state index is 12.7. The predicted molar refractivity (Wildman–Crippen MR) is 117 cm³/mol. The van der Waals surface area contributed by atoms with E-state index in [0.717, 1.165) is 31.6 Å². The number of piperidine rings is 1. The van der Waals surface area contributed by atoms with Crippen LogP contribution < -0.4 is 15.4 Å². The maximum Gasteiger partial charge on any atom is 0.251 e. The van der Waals surface area contributed by atoms with E-state index in [9.17, 15) is 4.79 Å². The average Bonchev–Trinajstić information content (AvgIpc) is 2.58. The first kappa shape index (κ1) is 22.7. The van der Waals surface area contributed by atoms with Crippen molar-refractivity contribution < 1.29 is 9.53 Å². The SMILES string of the molecule is CCCCCCCCOc1ccc(C(=O)NC2CC(C)(C)NC(C)(C)C2)cc1. The zero-order valence-electron chi connectivity index (χ0n) is 18.6. The third-order valence-electron chi connectivity index (χ3n) is 5.41. The quantitative estimate of drug-likeness (QED) is 0.523. The van der Waals surface area contributed by atoms with E-state index in [0.29, 0.717) is 5.56 Å². The van der Waals surface area contributed by atoms with Crippen molar-refractivity contribution in [1.29, 1.82) is 0 Å². The van der Waals surface area contributed by atoms with Gasteiger partial charge in [-0.3, -0.25) is 4.79 Å². The summed E-state index contributed by atoms with van der Waals surface area (Å²) in [6.45, 7) is 11.8. The standard InChI is InChI=1S/C24H40N2O2/c1-6-7-8-9-10-11-16-28-21-14-12-19(13-15-21)22(27)25-20-17-23(2,3)26-24(4,5)18-20/h12-15,20,26H,6-11,16-18H2,1-5H3,(H,25,27). The van der Waals surface area contributed by atoms with Gasteiger partial charge >= 0.3 is 0 Å². The fourth-order valence-electron chi connectivity index (χ4n) is 4.47. The zero-order valence-corrected chi connectivity index (χ0v) is 18.6. The van der Waals surface area contributed by atoms with Crippen LogP contribution in [0, 0.1) is 0 Å². The molecule has 4 nitrogen and oxygen atoms in total. The van der Waals surface area contributed by atoms with Crippen molar-refractivity contribution in [3.8, 4) is 5.75 Å². The van der Waals surface area contributed by atoms with Crippen molar-refractivity contribution >= 4 is 5.91 Å². The van der Waals surface area contributed by atoms with Crippen LogP contribution in [-0.4, -0.2) is 29.6 Å². The smallest absolute Gasteiger partial charge is 0.251 e. The third kappa shape index (κ3) is 7.83. The molecule has 1 aromatic carbocycles. The lowest BCUT2D eigenvalue weighted by Crippen LogP contribution is -2.62. The molecule has 0 unspecified atom stereocenters. The maximum atomic E-state index is 12.7. The highest BCUT2D eigenvalue weighted by Gasteiger charge is 2.38. The minimum Gasteiger partial charge on any atom is -0.494 e. The molecule has 0 radical (unpaired) electrons. The van der Waals surface area contributed by atoms with Crippen LogP contribution in [0.2, 0.25) is 0 Å². The fraction of sp³-hybridized carbons (Fsp3) is 0.708. The number of hydrogen-bond donors (Lipinski definition) is 2. The molecular formula is C24H40N2O2. The Hall–Kier alpha value is -1.55. The highest BCUT2D eigenvalue weighted by Crippen LogP contribution is 2.28. The Morgan fingerprint density at radius 1 is 1.00 bits per heavy atom. The number of hydrogen-bond acceptors (Lipinski definition) is 3. The lowest BCUT2D eigenvalue weighted by Gasteiger charge is -2.46. The van der Waals surface area contributed by atoms with Gasteiger partial charge in [-0.1, -0.05) is 39.0 Å². The van der Waals surface area contributed by atoms with Gasteiger partial charge in [0.1, 0.15) is 5.75 Å². The number of unbranched alkanes of at least 4 members (excludes halogenated alkanes) is 5. The van der Waals surface area contributed by atoms with Crippen LogP contribution in [0.4, 0.5) is 0 Å². The van der Waals surface area contributed by atoms with Gasteiger partial charge in [0.05, 0.1) is 6.61 Å². The summed E-state index contributed by atoms with van der Waals surface area (Å²) >= 11 is 0. The zero-order chi connectivity index (χ0) is 20.6. The van der Waals surface area contributed by atoms with Gasteiger partial charge in [0.2, 0.25) is 0 Å². The van der Waals surface area contributed by atoms with Gasteiger partial charge in [-0.15, -0.1) is 0 Å². The third-order valence-corrected chi connectivity index (χ3v) is 5.41. The number of amides is 1. The predicted octanol–water partition coefficient (Wildman–Crippen LogP) is 5.46. The van der Waals surface area contributed by atoms with Crippen LogP contribution in [0.5, 0.6) is 5.75 Å². The second kappa shape index (κ2) is 10.3. The fourth-order valence-corrected chi connectivity index (χ4v) is 4.47. The molecule has 1 amide bonds. The Balaban J connectivity index is 1.77. The molecule has 1 aliphatic rings. The van der Waals surface area contributed by atoms with E-state index in [1.54, 1.807) is 0 Å². The lowest BCUT2D eigenvalue weighted by molar-refractivity contribution is 0.0873. The van der Waals surface area contributed by atoms with Gasteiger partial charge in [0, 0.05) is 22.7 Å². The molecule has 1 fully saturated rings. The summed E-state index contributed by atoms with van der Waals surface area (Å²) in [6.07, 6.45) is 9.41. The van der Waals surface area contributed by atoms with E-state index < -0.39 is 0 Å². The Morgan fingerprint density at radius 2 is 1.57 bits per heavy atom. The highest BCUT2D eigenvalue weighted by atomic mass is 16.5. The summed E-state index contributed by atoms with van der Waals surface area (Å²) in [7, 11) is 0. The van der Waals surface area contributed by atoms with Crippen molar-refractivity contribution in [2.45, 2.75) is 103 Å². The van der Waals surface area contributed by atoms with Crippen molar-refractivity contribution in [2.24, 2.45) is 0 Å². The van der Waals surface area contributed by atoms with Gasteiger partial charge in [0.25, 0.3) is 5.91 Å². The first-order chi connectivity index (χ1) is 13.2. The highest BCUT2D eigenvalue weighted by molar-refractivity contribution is 5.94. The first-order valence-electron chi connectivity index (χ1n) is 11.0. The number of nitrogens with one attached hydrogen (secondary N) is 2.